The summed E-state index contributed by atoms with van der Waals surface area (Å²) >= 11 is 0. The zero-order chi connectivity index (χ0) is 8.60. The van der Waals surface area contributed by atoms with Crippen molar-refractivity contribution in [3.05, 3.63) is 0 Å². The van der Waals surface area contributed by atoms with Crippen molar-refractivity contribution in [3.63, 3.8) is 0 Å². The van der Waals surface area contributed by atoms with E-state index in [2.05, 4.69) is 5.32 Å². The number of rotatable bonds is 1. The number of carbonyl (C=O) groups is 1. The zero-order valence-corrected chi connectivity index (χ0v) is 6.88. The summed E-state index contributed by atoms with van der Waals surface area (Å²) < 4.78 is 5.21. The smallest absolute Gasteiger partial charge is 0.313 e. The van der Waals surface area contributed by atoms with Gasteiger partial charge in [0.1, 0.15) is 5.41 Å². The van der Waals surface area contributed by atoms with Crippen LogP contribution in [0.4, 0.5) is 0 Å². The molecule has 0 aromatic rings. The Hall–Kier alpha value is -0.610. The van der Waals surface area contributed by atoms with Gasteiger partial charge in [-0.15, -0.1) is 0 Å². The molecule has 2 atom stereocenters. The first-order valence-corrected chi connectivity index (χ1v) is 4.30. The van der Waals surface area contributed by atoms with Crippen LogP contribution in [-0.2, 0) is 9.53 Å². The summed E-state index contributed by atoms with van der Waals surface area (Å²) in [6, 6.07) is 0.0312. The molecule has 0 saturated carbocycles. The molecule has 2 aliphatic heterocycles. The van der Waals surface area contributed by atoms with Gasteiger partial charge in [0.15, 0.2) is 0 Å². The molecule has 0 spiro atoms. The molecule has 2 aliphatic rings. The van der Waals surface area contributed by atoms with Gasteiger partial charge >= 0.3 is 5.97 Å². The molecule has 12 heavy (non-hydrogen) atoms. The molecule has 2 saturated heterocycles. The van der Waals surface area contributed by atoms with Crippen LogP contribution in [0.15, 0.2) is 0 Å². The van der Waals surface area contributed by atoms with Gasteiger partial charge in [0.05, 0.1) is 13.2 Å². The van der Waals surface area contributed by atoms with Gasteiger partial charge in [0.2, 0.25) is 0 Å². The first-order valence-electron chi connectivity index (χ1n) is 4.30. The molecular formula is C8H13NO3. The third kappa shape index (κ3) is 0.949. The summed E-state index contributed by atoms with van der Waals surface area (Å²) in [6.07, 6.45) is 1.69. The van der Waals surface area contributed by atoms with Gasteiger partial charge in [-0.3, -0.25) is 4.79 Å². The third-order valence-corrected chi connectivity index (χ3v) is 2.93. The van der Waals surface area contributed by atoms with Crippen molar-refractivity contribution < 1.29 is 14.6 Å². The second-order valence-corrected chi connectivity index (χ2v) is 3.59. The number of nitrogens with one attached hydrogen (secondary N) is 1. The first-order chi connectivity index (χ1) is 5.76. The van der Waals surface area contributed by atoms with E-state index in [-0.39, 0.29) is 6.04 Å². The summed E-state index contributed by atoms with van der Waals surface area (Å²) in [5.41, 5.74) is -0.627. The number of fused-ring (bicyclic) bond motifs is 1. The highest BCUT2D eigenvalue weighted by atomic mass is 16.5. The van der Waals surface area contributed by atoms with E-state index in [4.69, 9.17) is 9.84 Å². The SMILES string of the molecule is O=C(O)[C@@]12CCCN[C@H]1COC2. The molecule has 4 nitrogen and oxygen atoms in total. The summed E-state index contributed by atoms with van der Waals surface area (Å²) in [4.78, 5) is 11.0. The lowest BCUT2D eigenvalue weighted by Crippen LogP contribution is -2.53. The maximum Gasteiger partial charge on any atom is 0.313 e. The Kier molecular flexibility index (Phi) is 1.81. The maximum atomic E-state index is 11.0. The van der Waals surface area contributed by atoms with E-state index in [1.54, 1.807) is 0 Å². The van der Waals surface area contributed by atoms with E-state index < -0.39 is 11.4 Å². The third-order valence-electron chi connectivity index (χ3n) is 2.93. The molecule has 0 unspecified atom stereocenters. The van der Waals surface area contributed by atoms with Crippen LogP contribution >= 0.6 is 0 Å². The van der Waals surface area contributed by atoms with Gasteiger partial charge in [-0.1, -0.05) is 0 Å². The van der Waals surface area contributed by atoms with Crippen LogP contribution in [0.3, 0.4) is 0 Å². The maximum absolute atomic E-state index is 11.0. The fourth-order valence-corrected chi connectivity index (χ4v) is 2.12. The highest BCUT2D eigenvalue weighted by molar-refractivity contribution is 5.76. The minimum Gasteiger partial charge on any atom is -0.481 e. The molecule has 0 aliphatic carbocycles. The van der Waals surface area contributed by atoms with Crippen LogP contribution in [0.1, 0.15) is 12.8 Å². The number of aliphatic carboxylic acids is 1. The Morgan fingerprint density at radius 3 is 3.17 bits per heavy atom. The van der Waals surface area contributed by atoms with Crippen molar-refractivity contribution >= 4 is 5.97 Å². The Morgan fingerprint density at radius 2 is 2.50 bits per heavy atom. The van der Waals surface area contributed by atoms with Gasteiger partial charge in [-0.05, 0) is 19.4 Å². The average Bonchev–Trinajstić information content (AvgIpc) is 2.48. The standard InChI is InChI=1S/C8H13NO3/c10-7(11)8-2-1-3-9-6(8)4-12-5-8/h6,9H,1-5H2,(H,10,11)/t6-,8+/m0/s1. The number of hydrogen-bond acceptors (Lipinski definition) is 3. The Bertz CT molecular complexity index is 206. The van der Waals surface area contributed by atoms with Crippen LogP contribution in [0.25, 0.3) is 0 Å². The van der Waals surface area contributed by atoms with Gasteiger partial charge in [0.25, 0.3) is 0 Å². The Morgan fingerprint density at radius 1 is 1.67 bits per heavy atom. The molecule has 0 amide bonds. The van der Waals surface area contributed by atoms with Crippen LogP contribution < -0.4 is 5.32 Å². The number of carboxylic acids is 1. The summed E-state index contributed by atoms with van der Waals surface area (Å²) in [6.45, 7) is 1.84. The van der Waals surface area contributed by atoms with Gasteiger partial charge in [-0.2, -0.15) is 0 Å². The molecule has 0 aromatic heterocycles. The largest absolute Gasteiger partial charge is 0.481 e. The van der Waals surface area contributed by atoms with Crippen LogP contribution in [-0.4, -0.2) is 36.9 Å². The molecule has 0 bridgehead atoms. The summed E-state index contributed by atoms with van der Waals surface area (Å²) in [5, 5.41) is 12.3. The summed E-state index contributed by atoms with van der Waals surface area (Å²) in [5.74, 6) is -0.711. The Balaban J connectivity index is 2.23. The lowest BCUT2D eigenvalue weighted by Gasteiger charge is -2.34. The van der Waals surface area contributed by atoms with Crippen molar-refractivity contribution in [1.29, 1.82) is 0 Å². The van der Waals surface area contributed by atoms with Crippen LogP contribution in [0, 0.1) is 5.41 Å². The highest BCUT2D eigenvalue weighted by Gasteiger charge is 2.51. The topological polar surface area (TPSA) is 58.6 Å². The molecule has 2 N–H and O–H groups in total. The predicted molar refractivity (Wildman–Crippen MR) is 41.9 cm³/mol. The molecule has 68 valence electrons. The van der Waals surface area contributed by atoms with E-state index in [9.17, 15) is 4.79 Å². The second-order valence-electron chi connectivity index (χ2n) is 3.59. The molecule has 4 heteroatoms. The van der Waals surface area contributed by atoms with Gasteiger partial charge < -0.3 is 15.2 Å². The summed E-state index contributed by atoms with van der Waals surface area (Å²) in [7, 11) is 0. The molecule has 0 radical (unpaired) electrons. The van der Waals surface area contributed by atoms with Gasteiger partial charge in [-0.25, -0.2) is 0 Å². The van der Waals surface area contributed by atoms with E-state index in [0.717, 1.165) is 19.4 Å². The van der Waals surface area contributed by atoms with Gasteiger partial charge in [0, 0.05) is 6.04 Å². The molecule has 2 rings (SSSR count). The highest BCUT2D eigenvalue weighted by Crippen LogP contribution is 2.36. The zero-order valence-electron chi connectivity index (χ0n) is 6.88. The van der Waals surface area contributed by atoms with Crippen molar-refractivity contribution in [3.8, 4) is 0 Å². The quantitative estimate of drug-likeness (QED) is 0.575. The average molecular weight is 171 g/mol. The van der Waals surface area contributed by atoms with Crippen molar-refractivity contribution in [2.45, 2.75) is 18.9 Å². The lowest BCUT2D eigenvalue weighted by atomic mass is 9.76. The molecule has 2 fully saturated rings. The second kappa shape index (κ2) is 2.71. The molecule has 0 aromatic carbocycles. The van der Waals surface area contributed by atoms with E-state index in [1.807, 2.05) is 0 Å². The van der Waals surface area contributed by atoms with Crippen molar-refractivity contribution in [1.82, 2.24) is 5.32 Å². The van der Waals surface area contributed by atoms with Crippen molar-refractivity contribution in [2.24, 2.45) is 5.41 Å². The minimum absolute atomic E-state index is 0.0312. The minimum atomic E-state index is -0.711. The Labute approximate surface area is 70.9 Å². The molecule has 2 heterocycles. The number of carboxylic acid groups (broad SMARTS) is 1. The fraction of sp³-hybridized carbons (Fsp3) is 0.875. The number of ether oxygens (including phenoxy) is 1. The normalized spacial score (nSPS) is 40.8. The van der Waals surface area contributed by atoms with Crippen molar-refractivity contribution in [2.75, 3.05) is 19.8 Å². The fourth-order valence-electron chi connectivity index (χ4n) is 2.12. The van der Waals surface area contributed by atoms with Crippen LogP contribution in [0.5, 0.6) is 0 Å². The lowest BCUT2D eigenvalue weighted by molar-refractivity contribution is -0.151. The molecular weight excluding hydrogens is 158 g/mol. The van der Waals surface area contributed by atoms with E-state index in [1.165, 1.54) is 0 Å². The van der Waals surface area contributed by atoms with E-state index in [0.29, 0.717) is 13.2 Å². The number of hydrogen-bond donors (Lipinski definition) is 2. The number of piperidine rings is 1. The van der Waals surface area contributed by atoms with E-state index >= 15 is 0 Å². The van der Waals surface area contributed by atoms with Crippen LogP contribution in [0.2, 0.25) is 0 Å². The monoisotopic (exact) mass is 171 g/mol. The predicted octanol–water partition coefficient (Wildman–Crippen LogP) is -0.160. The first kappa shape index (κ1) is 8.01.